The third-order valence-electron chi connectivity index (χ3n) is 4.47. The Labute approximate surface area is 173 Å². The maximum absolute atomic E-state index is 12.3. The van der Waals surface area contributed by atoms with Crippen LogP contribution in [0.25, 0.3) is 11.4 Å². The SMILES string of the molecule is Cc1cccc(NC(=O)CSc2nnc(-c3ccc4c(c3)OCCCO4)n2C)c1. The molecule has 7 nitrogen and oxygen atoms in total. The highest BCUT2D eigenvalue weighted by Crippen LogP contribution is 2.34. The van der Waals surface area contributed by atoms with Crippen LogP contribution in [0.2, 0.25) is 0 Å². The molecule has 1 aliphatic heterocycles. The van der Waals surface area contributed by atoms with E-state index in [9.17, 15) is 4.79 Å². The van der Waals surface area contributed by atoms with Gasteiger partial charge in [0.1, 0.15) is 0 Å². The zero-order valence-electron chi connectivity index (χ0n) is 16.3. The highest BCUT2D eigenvalue weighted by Gasteiger charge is 2.16. The van der Waals surface area contributed by atoms with Gasteiger partial charge in [0.15, 0.2) is 22.5 Å². The topological polar surface area (TPSA) is 78.3 Å². The normalized spacial score (nSPS) is 13.0. The van der Waals surface area contributed by atoms with Crippen molar-refractivity contribution in [3.8, 4) is 22.9 Å². The van der Waals surface area contributed by atoms with Crippen molar-refractivity contribution in [3.05, 3.63) is 48.0 Å². The zero-order valence-corrected chi connectivity index (χ0v) is 17.2. The molecule has 0 saturated carbocycles. The van der Waals surface area contributed by atoms with Crippen molar-refractivity contribution in [2.75, 3.05) is 24.3 Å². The molecule has 0 unspecified atom stereocenters. The number of fused-ring (bicyclic) bond motifs is 1. The second-order valence-corrected chi connectivity index (χ2v) is 7.73. The lowest BCUT2D eigenvalue weighted by molar-refractivity contribution is -0.113. The number of aromatic nitrogens is 3. The van der Waals surface area contributed by atoms with Gasteiger partial charge in [-0.1, -0.05) is 23.9 Å². The summed E-state index contributed by atoms with van der Waals surface area (Å²) in [5.41, 5.74) is 2.78. The molecule has 150 valence electrons. The summed E-state index contributed by atoms with van der Waals surface area (Å²) < 4.78 is 13.3. The number of carbonyl (C=O) groups is 1. The molecule has 1 N–H and O–H groups in total. The quantitative estimate of drug-likeness (QED) is 0.647. The highest BCUT2D eigenvalue weighted by atomic mass is 32.2. The van der Waals surface area contributed by atoms with E-state index in [2.05, 4.69) is 15.5 Å². The van der Waals surface area contributed by atoms with Gasteiger partial charge in [-0.25, -0.2) is 0 Å². The van der Waals surface area contributed by atoms with E-state index in [4.69, 9.17) is 9.47 Å². The van der Waals surface area contributed by atoms with Crippen molar-refractivity contribution in [2.24, 2.45) is 7.05 Å². The van der Waals surface area contributed by atoms with Gasteiger partial charge in [-0.3, -0.25) is 4.79 Å². The molecular formula is C21H22N4O3S. The Kier molecular flexibility index (Phi) is 5.71. The smallest absolute Gasteiger partial charge is 0.234 e. The minimum Gasteiger partial charge on any atom is -0.490 e. The number of rotatable bonds is 5. The summed E-state index contributed by atoms with van der Waals surface area (Å²) in [5, 5.41) is 12.1. The highest BCUT2D eigenvalue weighted by molar-refractivity contribution is 7.99. The summed E-state index contributed by atoms with van der Waals surface area (Å²) in [4.78, 5) is 12.3. The minimum atomic E-state index is -0.0827. The first-order valence-electron chi connectivity index (χ1n) is 9.39. The third kappa shape index (κ3) is 4.54. The van der Waals surface area contributed by atoms with E-state index < -0.39 is 0 Å². The van der Waals surface area contributed by atoms with Crippen molar-refractivity contribution < 1.29 is 14.3 Å². The summed E-state index contributed by atoms with van der Waals surface area (Å²) in [7, 11) is 1.89. The molecule has 0 radical (unpaired) electrons. The van der Waals surface area contributed by atoms with Crippen molar-refractivity contribution in [1.82, 2.24) is 14.8 Å². The molecule has 8 heteroatoms. The fourth-order valence-corrected chi connectivity index (χ4v) is 3.76. The van der Waals surface area contributed by atoms with Crippen LogP contribution in [0.3, 0.4) is 0 Å². The van der Waals surface area contributed by atoms with Crippen LogP contribution in [0.5, 0.6) is 11.5 Å². The standard InChI is InChI=1S/C21H22N4O3S/c1-14-5-3-6-16(11-14)22-19(26)13-29-21-24-23-20(25(21)2)15-7-8-17-18(12-15)28-10-4-9-27-17/h3,5-8,11-12H,4,9-10,13H2,1-2H3,(H,22,26). The first-order valence-corrected chi connectivity index (χ1v) is 10.4. The van der Waals surface area contributed by atoms with Gasteiger partial charge in [0.25, 0.3) is 0 Å². The molecule has 1 aromatic heterocycles. The van der Waals surface area contributed by atoms with E-state index in [1.165, 1.54) is 11.8 Å². The van der Waals surface area contributed by atoms with Gasteiger partial charge in [-0.2, -0.15) is 0 Å². The van der Waals surface area contributed by atoms with Gasteiger partial charge in [0.05, 0.1) is 19.0 Å². The van der Waals surface area contributed by atoms with E-state index in [1.54, 1.807) is 0 Å². The Hall–Kier alpha value is -3.00. The lowest BCUT2D eigenvalue weighted by Crippen LogP contribution is -2.14. The Morgan fingerprint density at radius 1 is 1.14 bits per heavy atom. The van der Waals surface area contributed by atoms with Crippen molar-refractivity contribution in [2.45, 2.75) is 18.5 Å². The number of nitrogens with zero attached hydrogens (tertiary/aromatic N) is 3. The molecule has 0 aliphatic carbocycles. The van der Waals surface area contributed by atoms with Crippen molar-refractivity contribution in [3.63, 3.8) is 0 Å². The van der Waals surface area contributed by atoms with Crippen LogP contribution in [0.15, 0.2) is 47.6 Å². The van der Waals surface area contributed by atoms with Crippen LogP contribution < -0.4 is 14.8 Å². The molecule has 0 spiro atoms. The van der Waals surface area contributed by atoms with Crippen LogP contribution in [0, 0.1) is 6.92 Å². The van der Waals surface area contributed by atoms with Crippen molar-refractivity contribution in [1.29, 1.82) is 0 Å². The second-order valence-electron chi connectivity index (χ2n) is 6.78. The molecule has 0 bridgehead atoms. The summed E-state index contributed by atoms with van der Waals surface area (Å²) >= 11 is 1.35. The number of amides is 1. The molecule has 3 aromatic rings. The van der Waals surface area contributed by atoms with E-state index >= 15 is 0 Å². The first-order chi connectivity index (χ1) is 14.1. The number of ether oxygens (including phenoxy) is 2. The monoisotopic (exact) mass is 410 g/mol. The molecule has 4 rings (SSSR count). The van der Waals surface area contributed by atoms with Gasteiger partial charge in [0, 0.05) is 24.7 Å². The Bertz CT molecular complexity index is 1030. The third-order valence-corrected chi connectivity index (χ3v) is 5.50. The predicted octanol–water partition coefficient (Wildman–Crippen LogP) is 3.68. The van der Waals surface area contributed by atoms with E-state index in [-0.39, 0.29) is 11.7 Å². The lowest BCUT2D eigenvalue weighted by atomic mass is 10.2. The average Bonchev–Trinajstić information content (AvgIpc) is 2.92. The second kappa shape index (κ2) is 8.57. The molecule has 1 aliphatic rings. The van der Waals surface area contributed by atoms with Gasteiger partial charge in [-0.15, -0.1) is 10.2 Å². The number of benzene rings is 2. The van der Waals surface area contributed by atoms with Crippen LogP contribution >= 0.6 is 11.8 Å². The summed E-state index contributed by atoms with van der Waals surface area (Å²) in [5.74, 6) is 2.34. The number of aryl methyl sites for hydroxylation is 1. The molecule has 2 aromatic carbocycles. The summed E-state index contributed by atoms with van der Waals surface area (Å²) in [6.45, 7) is 3.28. The minimum absolute atomic E-state index is 0.0827. The Balaban J connectivity index is 1.43. The number of hydrogen-bond acceptors (Lipinski definition) is 6. The van der Waals surface area contributed by atoms with Crippen LogP contribution in [-0.2, 0) is 11.8 Å². The number of anilines is 1. The molecule has 2 heterocycles. The Morgan fingerprint density at radius 3 is 2.79 bits per heavy atom. The predicted molar refractivity (Wildman–Crippen MR) is 113 cm³/mol. The van der Waals surface area contributed by atoms with Gasteiger partial charge in [0.2, 0.25) is 5.91 Å². The maximum Gasteiger partial charge on any atom is 0.234 e. The first kappa shape index (κ1) is 19.3. The molecule has 0 saturated heterocycles. The van der Waals surface area contributed by atoms with Crippen LogP contribution in [0.1, 0.15) is 12.0 Å². The fraction of sp³-hybridized carbons (Fsp3) is 0.286. The van der Waals surface area contributed by atoms with Crippen LogP contribution in [-0.4, -0.2) is 39.6 Å². The molecule has 0 atom stereocenters. The van der Waals surface area contributed by atoms with E-state index in [1.807, 2.05) is 61.0 Å². The van der Waals surface area contributed by atoms with Gasteiger partial charge in [-0.05, 0) is 42.8 Å². The number of thioether (sulfide) groups is 1. The van der Waals surface area contributed by atoms with E-state index in [0.717, 1.165) is 34.7 Å². The maximum atomic E-state index is 12.3. The Morgan fingerprint density at radius 2 is 1.97 bits per heavy atom. The van der Waals surface area contributed by atoms with Crippen LogP contribution in [0.4, 0.5) is 5.69 Å². The zero-order chi connectivity index (χ0) is 20.2. The molecule has 1 amide bonds. The van der Waals surface area contributed by atoms with Gasteiger partial charge >= 0.3 is 0 Å². The largest absolute Gasteiger partial charge is 0.490 e. The fourth-order valence-electron chi connectivity index (χ4n) is 3.04. The summed E-state index contributed by atoms with van der Waals surface area (Å²) in [6.07, 6.45) is 0.860. The van der Waals surface area contributed by atoms with E-state index in [0.29, 0.717) is 24.2 Å². The number of nitrogens with one attached hydrogen (secondary N) is 1. The lowest BCUT2D eigenvalue weighted by Gasteiger charge is -2.09. The summed E-state index contributed by atoms with van der Waals surface area (Å²) in [6, 6.07) is 13.5. The van der Waals surface area contributed by atoms with Crippen molar-refractivity contribution >= 4 is 23.4 Å². The van der Waals surface area contributed by atoms with Gasteiger partial charge < -0.3 is 19.4 Å². The molecule has 29 heavy (non-hydrogen) atoms. The molecule has 0 fully saturated rings. The average molecular weight is 410 g/mol. The number of hydrogen-bond donors (Lipinski definition) is 1. The number of carbonyl (C=O) groups excluding carboxylic acids is 1. The molecular weight excluding hydrogens is 388 g/mol.